The van der Waals surface area contributed by atoms with Gasteiger partial charge in [0.1, 0.15) is 0 Å². The predicted molar refractivity (Wildman–Crippen MR) is 58.9 cm³/mol. The Morgan fingerprint density at radius 1 is 1.25 bits per heavy atom. The third-order valence-corrected chi connectivity index (χ3v) is 9.18. The summed E-state index contributed by atoms with van der Waals surface area (Å²) in [6.45, 7) is 14.3. The summed E-state index contributed by atoms with van der Waals surface area (Å²) >= 11 is 0. The highest BCUT2D eigenvalue weighted by atomic mass is 28.5. The minimum atomic E-state index is -1.86. The summed E-state index contributed by atoms with van der Waals surface area (Å²) in [5.74, 6) is 0. The van der Waals surface area contributed by atoms with Crippen molar-refractivity contribution in [3.63, 3.8) is 0 Å². The summed E-state index contributed by atoms with van der Waals surface area (Å²) in [5, 5.41) is 0. The van der Waals surface area contributed by atoms with Gasteiger partial charge in [-0.05, 0) is 32.7 Å². The monoisotopic (exact) mass is 218 g/mol. The van der Waals surface area contributed by atoms with Crippen LogP contribution in [0.2, 0.25) is 32.7 Å². The highest BCUT2D eigenvalue weighted by Gasteiger charge is 2.31. The first kappa shape index (κ1) is 12.3. The van der Waals surface area contributed by atoms with E-state index in [1.165, 1.54) is 0 Å². The summed E-state index contributed by atoms with van der Waals surface area (Å²) < 4.78 is 11.6. The van der Waals surface area contributed by atoms with Gasteiger partial charge in [-0.25, -0.2) is 0 Å². The van der Waals surface area contributed by atoms with Crippen molar-refractivity contribution in [1.82, 2.24) is 0 Å². The zero-order valence-corrected chi connectivity index (χ0v) is 11.6. The van der Waals surface area contributed by atoms with Gasteiger partial charge in [0.2, 0.25) is 9.76 Å². The summed E-state index contributed by atoms with van der Waals surface area (Å²) in [6.07, 6.45) is 0. The highest BCUT2D eigenvalue weighted by molar-refractivity contribution is 6.86. The Bertz CT molecular complexity index is 157. The number of hydrogen-bond donors (Lipinski definition) is 0. The van der Waals surface area contributed by atoms with Crippen LogP contribution in [0.1, 0.15) is 0 Å². The Labute approximate surface area is 80.3 Å². The molecule has 0 saturated heterocycles. The van der Waals surface area contributed by atoms with Crippen LogP contribution in [0, 0.1) is 0 Å². The lowest BCUT2D eigenvalue weighted by molar-refractivity contribution is 0.415. The molecule has 0 bridgehead atoms. The van der Waals surface area contributed by atoms with Crippen LogP contribution >= 0.6 is 0 Å². The van der Waals surface area contributed by atoms with Crippen molar-refractivity contribution in [3.8, 4) is 0 Å². The van der Waals surface area contributed by atoms with Gasteiger partial charge in [-0.2, -0.15) is 0 Å². The lowest BCUT2D eigenvalue weighted by Gasteiger charge is -2.30. The minimum absolute atomic E-state index is 0.521. The van der Waals surface area contributed by atoms with Crippen LogP contribution in [0.15, 0.2) is 12.3 Å². The molecule has 0 aromatic rings. The molecule has 0 unspecified atom stereocenters. The molecule has 2 radical (unpaired) electrons. The van der Waals surface area contributed by atoms with Crippen LogP contribution in [0.3, 0.4) is 0 Å². The summed E-state index contributed by atoms with van der Waals surface area (Å²) in [6, 6.07) is 0. The Hall–Kier alpha value is 0.311. The molecule has 2 nitrogen and oxygen atoms in total. The molecule has 0 fully saturated rings. The van der Waals surface area contributed by atoms with Crippen molar-refractivity contribution in [2.75, 3.05) is 0 Å². The van der Waals surface area contributed by atoms with E-state index in [1.807, 2.05) is 12.2 Å². The number of hydrogen-bond acceptors (Lipinski definition) is 2. The molecule has 0 aliphatic carbocycles. The first-order chi connectivity index (χ1) is 5.33. The van der Waals surface area contributed by atoms with Gasteiger partial charge in [0.15, 0.2) is 8.32 Å². The Balaban J connectivity index is 4.12. The van der Waals surface area contributed by atoms with E-state index in [9.17, 15) is 0 Å². The van der Waals surface area contributed by atoms with E-state index in [0.29, 0.717) is 9.76 Å². The average molecular weight is 218 g/mol. The molecule has 0 rings (SSSR count). The largest absolute Gasteiger partial charge is 0.437 e. The zero-order chi connectivity index (χ0) is 9.83. The van der Waals surface area contributed by atoms with Crippen LogP contribution in [0.4, 0.5) is 0 Å². The van der Waals surface area contributed by atoms with Gasteiger partial charge in [-0.1, -0.05) is 5.70 Å². The van der Waals surface area contributed by atoms with Crippen LogP contribution in [-0.4, -0.2) is 26.6 Å². The highest BCUT2D eigenvalue weighted by Crippen LogP contribution is 2.15. The maximum atomic E-state index is 5.96. The molecule has 5 heteroatoms. The lowest BCUT2D eigenvalue weighted by Crippen LogP contribution is -2.46. The van der Waals surface area contributed by atoms with Crippen LogP contribution in [0.5, 0.6) is 0 Å². The second-order valence-corrected chi connectivity index (χ2v) is 12.1. The molecule has 0 N–H and O–H groups in total. The maximum absolute atomic E-state index is 5.96. The van der Waals surface area contributed by atoms with E-state index >= 15 is 0 Å². The van der Waals surface area contributed by atoms with Crippen molar-refractivity contribution in [1.29, 1.82) is 0 Å². The maximum Gasteiger partial charge on any atom is 0.311 e. The third-order valence-electron chi connectivity index (χ3n) is 1.35. The molecule has 0 aromatic carbocycles. The van der Waals surface area contributed by atoms with E-state index in [1.54, 1.807) is 0 Å². The first-order valence-electron chi connectivity index (χ1n) is 4.01. The Morgan fingerprint density at radius 2 is 1.75 bits per heavy atom. The second kappa shape index (κ2) is 4.52. The van der Waals surface area contributed by atoms with Crippen LogP contribution in [-0.2, 0) is 8.23 Å². The summed E-state index contributed by atoms with van der Waals surface area (Å²) in [5.41, 5.74) is 1.95. The van der Waals surface area contributed by atoms with Crippen molar-refractivity contribution < 1.29 is 8.23 Å². The fourth-order valence-corrected chi connectivity index (χ4v) is 8.85. The Morgan fingerprint density at radius 3 is 2.08 bits per heavy atom. The topological polar surface area (TPSA) is 18.5 Å². The average Bonchev–Trinajstić information content (AvgIpc) is 1.85. The molecular weight excluding hydrogens is 200 g/mol. The van der Waals surface area contributed by atoms with Crippen molar-refractivity contribution in [2.45, 2.75) is 32.7 Å². The smallest absolute Gasteiger partial charge is 0.311 e. The summed E-state index contributed by atoms with van der Waals surface area (Å²) in [4.78, 5) is 0. The molecule has 0 amide bonds. The second-order valence-electron chi connectivity index (χ2n) is 3.62. The molecule has 0 aromatic heterocycles. The van der Waals surface area contributed by atoms with Gasteiger partial charge in [-0.3, -0.25) is 0 Å². The molecule has 0 saturated carbocycles. The van der Waals surface area contributed by atoms with Gasteiger partial charge in [0.25, 0.3) is 0 Å². The van der Waals surface area contributed by atoms with Crippen LogP contribution in [0.25, 0.3) is 0 Å². The fourth-order valence-electron chi connectivity index (χ4n) is 0.942. The molecule has 0 heterocycles. The van der Waals surface area contributed by atoms with Gasteiger partial charge in [0, 0.05) is 0 Å². The van der Waals surface area contributed by atoms with Gasteiger partial charge in [-0.15, -0.1) is 6.58 Å². The SMILES string of the molecule is C=C[Si](C)(C)O[Si](C)(C)O[Si]C. The standard InChI is InChI=1S/C7H18O2Si3/c1-7-11(3,4)9-12(5,6)8-10-2/h7H,1H2,2-6H3. The predicted octanol–water partition coefficient (Wildman–Crippen LogP) is 2.32. The van der Waals surface area contributed by atoms with Gasteiger partial charge < -0.3 is 8.23 Å². The molecule has 70 valence electrons. The van der Waals surface area contributed by atoms with E-state index in [4.69, 9.17) is 8.23 Å². The first-order valence-corrected chi connectivity index (χ1v) is 11.2. The van der Waals surface area contributed by atoms with Crippen LogP contribution < -0.4 is 0 Å². The molecule has 0 aliphatic rings. The van der Waals surface area contributed by atoms with Gasteiger partial charge >= 0.3 is 8.56 Å². The quantitative estimate of drug-likeness (QED) is 0.660. The summed E-state index contributed by atoms with van der Waals surface area (Å²) in [7, 11) is -2.98. The Kier molecular flexibility index (Phi) is 4.64. The van der Waals surface area contributed by atoms with Crippen molar-refractivity contribution in [3.05, 3.63) is 12.3 Å². The molecular formula is C7H18O2Si3. The third kappa shape index (κ3) is 5.04. The number of rotatable bonds is 5. The van der Waals surface area contributed by atoms with E-state index in [0.717, 1.165) is 0 Å². The molecule has 0 atom stereocenters. The van der Waals surface area contributed by atoms with E-state index in [-0.39, 0.29) is 0 Å². The minimum Gasteiger partial charge on any atom is -0.437 e. The molecule has 0 spiro atoms. The normalized spacial score (nSPS) is 13.1. The van der Waals surface area contributed by atoms with E-state index < -0.39 is 16.9 Å². The molecule has 12 heavy (non-hydrogen) atoms. The van der Waals surface area contributed by atoms with Gasteiger partial charge in [0.05, 0.1) is 0 Å². The lowest BCUT2D eigenvalue weighted by atomic mass is 11.3. The molecule has 0 aliphatic heterocycles. The zero-order valence-electron chi connectivity index (χ0n) is 8.60. The van der Waals surface area contributed by atoms with E-state index in [2.05, 4.69) is 32.8 Å². The van der Waals surface area contributed by atoms with Crippen molar-refractivity contribution >= 4 is 26.6 Å². The van der Waals surface area contributed by atoms with Crippen molar-refractivity contribution in [2.24, 2.45) is 0 Å². The fraction of sp³-hybridized carbons (Fsp3) is 0.714.